The normalized spacial score (nSPS) is 11.3. The van der Waals surface area contributed by atoms with Crippen molar-refractivity contribution >= 4 is 23.4 Å². The van der Waals surface area contributed by atoms with E-state index in [0.717, 1.165) is 17.8 Å². The molecular weight excluding hydrogens is 333 g/mol. The highest BCUT2D eigenvalue weighted by Gasteiger charge is 2.33. The second kappa shape index (κ2) is 6.82. The summed E-state index contributed by atoms with van der Waals surface area (Å²) in [6, 6.07) is 4.69. The van der Waals surface area contributed by atoms with E-state index in [1.54, 1.807) is 6.92 Å². The van der Waals surface area contributed by atoms with E-state index in [1.807, 2.05) is 0 Å². The molecular formula is C13H11F3N4O2S. The third-order valence-corrected chi connectivity index (χ3v) is 3.75. The summed E-state index contributed by atoms with van der Waals surface area (Å²) in [5, 5.41) is 8.27. The van der Waals surface area contributed by atoms with Crippen LogP contribution in [0.1, 0.15) is 11.3 Å². The van der Waals surface area contributed by atoms with Gasteiger partial charge in [-0.1, -0.05) is 23.9 Å². The number of aromatic nitrogens is 3. The summed E-state index contributed by atoms with van der Waals surface area (Å²) in [7, 11) is 0. The number of halogens is 3. The molecule has 0 saturated heterocycles. The van der Waals surface area contributed by atoms with Crippen LogP contribution in [0.3, 0.4) is 0 Å². The molecule has 23 heavy (non-hydrogen) atoms. The highest BCUT2D eigenvalue weighted by molar-refractivity contribution is 8.00. The first-order valence-electron chi connectivity index (χ1n) is 6.29. The zero-order valence-corrected chi connectivity index (χ0v) is 12.6. The number of rotatable bonds is 4. The maximum Gasteiger partial charge on any atom is 0.418 e. The Hall–Kier alpha value is -2.36. The fraction of sp³-hybridized carbons (Fsp3) is 0.231. The lowest BCUT2D eigenvalue weighted by molar-refractivity contribution is -0.137. The number of thioether (sulfide) groups is 1. The predicted molar refractivity (Wildman–Crippen MR) is 78.2 cm³/mol. The Balaban J connectivity index is 2.06. The number of alkyl halides is 3. The molecule has 1 aromatic carbocycles. The fourth-order valence-electron chi connectivity index (χ4n) is 1.67. The fourth-order valence-corrected chi connectivity index (χ4v) is 2.42. The number of H-pyrrole nitrogens is 1. The number of hydrogen-bond acceptors (Lipinski definition) is 5. The van der Waals surface area contributed by atoms with E-state index in [1.165, 1.54) is 18.2 Å². The maximum absolute atomic E-state index is 12.8. The molecule has 0 aliphatic heterocycles. The minimum atomic E-state index is -4.56. The number of nitrogens with zero attached hydrogens (tertiary/aromatic N) is 2. The van der Waals surface area contributed by atoms with Crippen molar-refractivity contribution in [2.24, 2.45) is 0 Å². The van der Waals surface area contributed by atoms with Gasteiger partial charge in [-0.15, -0.1) is 0 Å². The molecule has 0 saturated carbocycles. The molecule has 0 bridgehead atoms. The molecule has 0 atom stereocenters. The Morgan fingerprint density at radius 1 is 1.35 bits per heavy atom. The summed E-state index contributed by atoms with van der Waals surface area (Å²) in [5.74, 6) is -0.848. The van der Waals surface area contributed by atoms with Crippen molar-refractivity contribution in [1.29, 1.82) is 0 Å². The number of para-hydroxylation sites is 1. The summed E-state index contributed by atoms with van der Waals surface area (Å²) in [6.45, 7) is 1.59. The standard InChI is InChI=1S/C13H11F3N4O2S/c1-7-11(18-12(22)20-19-7)23-6-10(21)17-9-5-3-2-4-8(9)13(14,15)16/h2-5H,6H2,1H3,(H,17,21)(H,18,20,22). The van der Waals surface area contributed by atoms with E-state index in [-0.39, 0.29) is 16.5 Å². The minimum Gasteiger partial charge on any atom is -0.325 e. The Labute approximate surface area is 132 Å². The third-order valence-electron chi connectivity index (χ3n) is 2.68. The van der Waals surface area contributed by atoms with Gasteiger partial charge in [0.05, 0.1) is 22.7 Å². The zero-order valence-electron chi connectivity index (χ0n) is 11.8. The van der Waals surface area contributed by atoms with Crippen molar-refractivity contribution in [3.63, 3.8) is 0 Å². The van der Waals surface area contributed by atoms with Gasteiger partial charge in [-0.25, -0.2) is 9.89 Å². The number of carbonyl (C=O) groups excluding carboxylic acids is 1. The van der Waals surface area contributed by atoms with Gasteiger partial charge in [0.15, 0.2) is 0 Å². The van der Waals surface area contributed by atoms with E-state index in [4.69, 9.17) is 0 Å². The summed E-state index contributed by atoms with van der Waals surface area (Å²) >= 11 is 0.915. The SMILES string of the molecule is Cc1n[nH]c(=O)nc1SCC(=O)Nc1ccccc1C(F)(F)F. The summed E-state index contributed by atoms with van der Waals surface area (Å²) in [6.07, 6.45) is -4.56. The van der Waals surface area contributed by atoms with E-state index < -0.39 is 23.3 Å². The Bertz CT molecular complexity index is 776. The summed E-state index contributed by atoms with van der Waals surface area (Å²) in [5.41, 5.74) is -1.50. The Morgan fingerprint density at radius 2 is 2.04 bits per heavy atom. The highest BCUT2D eigenvalue weighted by atomic mass is 32.2. The Morgan fingerprint density at radius 3 is 2.74 bits per heavy atom. The molecule has 0 aliphatic carbocycles. The van der Waals surface area contributed by atoms with E-state index in [9.17, 15) is 22.8 Å². The van der Waals surface area contributed by atoms with Gasteiger partial charge in [0.25, 0.3) is 0 Å². The number of carbonyl (C=O) groups is 1. The first kappa shape index (κ1) is 17.0. The first-order valence-corrected chi connectivity index (χ1v) is 7.28. The maximum atomic E-state index is 12.8. The van der Waals surface area contributed by atoms with Crippen molar-refractivity contribution in [2.75, 3.05) is 11.1 Å². The van der Waals surface area contributed by atoms with Gasteiger partial charge in [-0.05, 0) is 19.1 Å². The van der Waals surface area contributed by atoms with Crippen LogP contribution in [0, 0.1) is 6.92 Å². The molecule has 6 nitrogen and oxygen atoms in total. The van der Waals surface area contributed by atoms with Gasteiger partial charge in [-0.3, -0.25) is 4.79 Å². The molecule has 0 fully saturated rings. The minimum absolute atomic E-state index is 0.203. The number of hydrogen-bond donors (Lipinski definition) is 2. The van der Waals surface area contributed by atoms with Gasteiger partial charge in [-0.2, -0.15) is 23.3 Å². The molecule has 10 heteroatoms. The number of aryl methyl sites for hydroxylation is 1. The zero-order chi connectivity index (χ0) is 17.0. The average molecular weight is 344 g/mol. The van der Waals surface area contributed by atoms with Crippen molar-refractivity contribution in [1.82, 2.24) is 15.2 Å². The van der Waals surface area contributed by atoms with Crippen LogP contribution in [0.5, 0.6) is 0 Å². The number of aromatic amines is 1. The summed E-state index contributed by atoms with van der Waals surface area (Å²) < 4.78 is 38.5. The molecule has 2 rings (SSSR count). The van der Waals surface area contributed by atoms with Crippen molar-refractivity contribution in [2.45, 2.75) is 18.1 Å². The molecule has 0 unspecified atom stereocenters. The van der Waals surface area contributed by atoms with Crippen molar-refractivity contribution < 1.29 is 18.0 Å². The largest absolute Gasteiger partial charge is 0.418 e. The highest BCUT2D eigenvalue weighted by Crippen LogP contribution is 2.34. The van der Waals surface area contributed by atoms with Gasteiger partial charge in [0.1, 0.15) is 5.03 Å². The molecule has 0 radical (unpaired) electrons. The van der Waals surface area contributed by atoms with E-state index in [2.05, 4.69) is 20.5 Å². The van der Waals surface area contributed by atoms with Crippen LogP contribution in [0.2, 0.25) is 0 Å². The number of benzene rings is 1. The summed E-state index contributed by atoms with van der Waals surface area (Å²) in [4.78, 5) is 26.5. The number of nitrogens with one attached hydrogen (secondary N) is 2. The van der Waals surface area contributed by atoms with Crippen LogP contribution in [-0.4, -0.2) is 26.8 Å². The molecule has 0 aliphatic rings. The van der Waals surface area contributed by atoms with Crippen LogP contribution in [0.15, 0.2) is 34.1 Å². The van der Waals surface area contributed by atoms with E-state index >= 15 is 0 Å². The monoisotopic (exact) mass is 344 g/mol. The third kappa shape index (κ3) is 4.55. The van der Waals surface area contributed by atoms with Crippen LogP contribution < -0.4 is 11.0 Å². The van der Waals surface area contributed by atoms with E-state index in [0.29, 0.717) is 5.69 Å². The lowest BCUT2D eigenvalue weighted by atomic mass is 10.1. The van der Waals surface area contributed by atoms with Crippen LogP contribution in [0.25, 0.3) is 0 Å². The number of anilines is 1. The molecule has 2 aromatic rings. The predicted octanol–water partition coefficient (Wildman–Crippen LogP) is 2.22. The van der Waals surface area contributed by atoms with Gasteiger partial charge in [0.2, 0.25) is 5.91 Å². The molecule has 1 heterocycles. The molecule has 0 spiro atoms. The molecule has 2 N–H and O–H groups in total. The van der Waals surface area contributed by atoms with Gasteiger partial charge in [0, 0.05) is 0 Å². The van der Waals surface area contributed by atoms with Crippen molar-refractivity contribution in [3.05, 3.63) is 46.0 Å². The molecule has 1 amide bonds. The lowest BCUT2D eigenvalue weighted by Gasteiger charge is -2.13. The van der Waals surface area contributed by atoms with Crippen molar-refractivity contribution in [3.8, 4) is 0 Å². The topological polar surface area (TPSA) is 87.7 Å². The van der Waals surface area contributed by atoms with Gasteiger partial charge >= 0.3 is 11.9 Å². The molecule has 1 aromatic heterocycles. The smallest absolute Gasteiger partial charge is 0.325 e. The average Bonchev–Trinajstić information content (AvgIpc) is 2.47. The second-order valence-electron chi connectivity index (χ2n) is 4.41. The quantitative estimate of drug-likeness (QED) is 0.831. The van der Waals surface area contributed by atoms with Crippen LogP contribution in [0.4, 0.5) is 18.9 Å². The number of amides is 1. The van der Waals surface area contributed by atoms with Gasteiger partial charge < -0.3 is 5.32 Å². The first-order chi connectivity index (χ1) is 10.8. The molecule has 122 valence electrons. The second-order valence-corrected chi connectivity index (χ2v) is 5.38. The lowest BCUT2D eigenvalue weighted by Crippen LogP contribution is -2.19. The Kier molecular flexibility index (Phi) is 5.04. The van der Waals surface area contributed by atoms with Crippen LogP contribution in [-0.2, 0) is 11.0 Å². The van der Waals surface area contributed by atoms with Crippen LogP contribution >= 0.6 is 11.8 Å².